The lowest BCUT2D eigenvalue weighted by Gasteiger charge is -2.35. The first-order valence-electron chi connectivity index (χ1n) is 12.3. The lowest BCUT2D eigenvalue weighted by molar-refractivity contribution is 0.0627. The maximum Gasteiger partial charge on any atom is 0.254 e. The molecule has 0 bridgehead atoms. The predicted molar refractivity (Wildman–Crippen MR) is 132 cm³/mol. The molecule has 2 aromatic carbocycles. The molecule has 1 amide bonds. The van der Waals surface area contributed by atoms with Gasteiger partial charge >= 0.3 is 0 Å². The van der Waals surface area contributed by atoms with Crippen molar-refractivity contribution >= 4 is 15.9 Å². The minimum absolute atomic E-state index is 0.102. The van der Waals surface area contributed by atoms with Crippen molar-refractivity contribution in [3.8, 4) is 11.5 Å². The van der Waals surface area contributed by atoms with Crippen LogP contribution in [-0.4, -0.2) is 74.5 Å². The third kappa shape index (κ3) is 5.03. The molecule has 0 aliphatic carbocycles. The summed E-state index contributed by atoms with van der Waals surface area (Å²) in [6.07, 6.45) is 1.74. The third-order valence-corrected chi connectivity index (χ3v) is 9.22. The number of carbonyl (C=O) groups is 1. The Morgan fingerprint density at radius 1 is 0.943 bits per heavy atom. The summed E-state index contributed by atoms with van der Waals surface area (Å²) in [7, 11) is -3.60. The van der Waals surface area contributed by atoms with Crippen LogP contribution in [0.4, 0.5) is 0 Å². The van der Waals surface area contributed by atoms with Crippen LogP contribution in [-0.2, 0) is 16.6 Å². The fourth-order valence-electron chi connectivity index (χ4n) is 4.94. The molecule has 3 aliphatic rings. The number of amides is 1. The summed E-state index contributed by atoms with van der Waals surface area (Å²) in [6.45, 7) is 8.83. The minimum Gasteiger partial charge on any atom is -0.454 e. The Bertz CT molecular complexity index is 1200. The number of piperidine rings is 1. The van der Waals surface area contributed by atoms with E-state index in [0.717, 1.165) is 55.1 Å². The summed E-state index contributed by atoms with van der Waals surface area (Å²) in [6, 6.07) is 10.9. The average molecular weight is 500 g/mol. The second-order valence-electron chi connectivity index (χ2n) is 9.82. The Kier molecular flexibility index (Phi) is 6.74. The summed E-state index contributed by atoms with van der Waals surface area (Å²) < 4.78 is 38.9. The fraction of sp³-hybridized carbons (Fsp3) is 0.500. The van der Waals surface area contributed by atoms with Gasteiger partial charge in [0.15, 0.2) is 11.5 Å². The Morgan fingerprint density at radius 3 is 2.40 bits per heavy atom. The second-order valence-corrected chi connectivity index (χ2v) is 11.8. The molecule has 8 nitrogen and oxygen atoms in total. The summed E-state index contributed by atoms with van der Waals surface area (Å²) in [5.74, 6) is 1.99. The number of hydrogen-bond acceptors (Lipinski definition) is 6. The van der Waals surface area contributed by atoms with E-state index in [2.05, 4.69) is 11.8 Å². The molecule has 3 heterocycles. The molecule has 0 N–H and O–H groups in total. The largest absolute Gasteiger partial charge is 0.454 e. The van der Waals surface area contributed by atoms with E-state index in [-0.39, 0.29) is 17.6 Å². The van der Waals surface area contributed by atoms with Crippen molar-refractivity contribution in [2.24, 2.45) is 5.92 Å². The van der Waals surface area contributed by atoms with Crippen LogP contribution in [0.3, 0.4) is 0 Å². The number of ether oxygens (including phenoxy) is 2. The van der Waals surface area contributed by atoms with Crippen molar-refractivity contribution in [1.82, 2.24) is 14.1 Å². The van der Waals surface area contributed by atoms with Gasteiger partial charge in [0.05, 0.1) is 4.90 Å². The van der Waals surface area contributed by atoms with Crippen molar-refractivity contribution in [2.45, 2.75) is 38.1 Å². The summed E-state index contributed by atoms with van der Waals surface area (Å²) in [5, 5.41) is 0. The van der Waals surface area contributed by atoms with Gasteiger partial charge in [-0.3, -0.25) is 9.69 Å². The monoisotopic (exact) mass is 499 g/mol. The summed E-state index contributed by atoms with van der Waals surface area (Å²) >= 11 is 0. The fourth-order valence-corrected chi connectivity index (χ4v) is 6.44. The zero-order chi connectivity index (χ0) is 24.6. The summed E-state index contributed by atoms with van der Waals surface area (Å²) in [5.41, 5.74) is 2.42. The first-order chi connectivity index (χ1) is 16.8. The Balaban J connectivity index is 1.23. The van der Waals surface area contributed by atoms with Crippen LogP contribution in [0.5, 0.6) is 11.5 Å². The number of nitrogens with zero attached hydrogens (tertiary/aromatic N) is 3. The van der Waals surface area contributed by atoms with Gasteiger partial charge in [0.25, 0.3) is 5.91 Å². The van der Waals surface area contributed by atoms with E-state index in [1.54, 1.807) is 22.5 Å². The molecular weight excluding hydrogens is 466 g/mol. The number of benzene rings is 2. The van der Waals surface area contributed by atoms with Crippen molar-refractivity contribution in [3.05, 3.63) is 53.1 Å². The number of carbonyl (C=O) groups excluding carboxylic acids is 1. The highest BCUT2D eigenvalue weighted by Crippen LogP contribution is 2.33. The zero-order valence-corrected chi connectivity index (χ0v) is 21.2. The van der Waals surface area contributed by atoms with Crippen molar-refractivity contribution in [2.75, 3.05) is 46.1 Å². The van der Waals surface area contributed by atoms with E-state index >= 15 is 0 Å². The van der Waals surface area contributed by atoms with E-state index in [0.29, 0.717) is 37.7 Å². The van der Waals surface area contributed by atoms with E-state index in [9.17, 15) is 13.2 Å². The molecule has 2 fully saturated rings. The first kappa shape index (κ1) is 24.1. The Labute approximate surface area is 207 Å². The molecule has 2 aromatic rings. The number of rotatable bonds is 5. The van der Waals surface area contributed by atoms with Gasteiger partial charge in [-0.15, -0.1) is 0 Å². The molecule has 188 valence electrons. The molecule has 35 heavy (non-hydrogen) atoms. The molecule has 9 heteroatoms. The molecule has 0 radical (unpaired) electrons. The van der Waals surface area contributed by atoms with Crippen LogP contribution in [0, 0.1) is 12.8 Å². The van der Waals surface area contributed by atoms with E-state index in [1.807, 2.05) is 30.0 Å². The SMILES string of the molecule is Cc1ccc(S(=O)(=O)N2CCC(C)CC2)cc1C(=O)N1CCN(Cc2ccc3c(c2)OCO3)CC1. The number of piperazine rings is 1. The smallest absolute Gasteiger partial charge is 0.254 e. The van der Waals surface area contributed by atoms with Crippen molar-refractivity contribution in [3.63, 3.8) is 0 Å². The summed E-state index contributed by atoms with van der Waals surface area (Å²) in [4.78, 5) is 17.7. The molecule has 0 atom stereocenters. The van der Waals surface area contributed by atoms with Gasteiger partial charge < -0.3 is 14.4 Å². The number of fused-ring (bicyclic) bond motifs is 1. The topological polar surface area (TPSA) is 79.4 Å². The molecule has 0 spiro atoms. The quantitative estimate of drug-likeness (QED) is 0.629. The minimum atomic E-state index is -3.60. The van der Waals surface area contributed by atoms with Gasteiger partial charge in [0, 0.05) is 51.4 Å². The number of sulfonamides is 1. The van der Waals surface area contributed by atoms with Gasteiger partial charge in [-0.25, -0.2) is 8.42 Å². The Morgan fingerprint density at radius 2 is 1.66 bits per heavy atom. The predicted octanol–water partition coefficient (Wildman–Crippen LogP) is 3.10. The first-order valence-corrected chi connectivity index (χ1v) is 13.8. The van der Waals surface area contributed by atoms with Crippen molar-refractivity contribution < 1.29 is 22.7 Å². The molecule has 2 saturated heterocycles. The lowest BCUT2D eigenvalue weighted by Crippen LogP contribution is -2.48. The molecular formula is C26H33N3O5S. The standard InChI is InChI=1S/C26H33N3O5S/c1-19-7-9-29(10-8-19)35(31,32)22-5-3-20(2)23(16-22)26(30)28-13-11-27(12-14-28)17-21-4-6-24-25(15-21)34-18-33-24/h3-6,15-16,19H,7-14,17-18H2,1-2H3. The number of aryl methyl sites for hydroxylation is 1. The maximum absolute atomic E-state index is 13.4. The van der Waals surface area contributed by atoms with Crippen LogP contribution in [0.2, 0.25) is 0 Å². The van der Waals surface area contributed by atoms with Crippen LogP contribution < -0.4 is 9.47 Å². The van der Waals surface area contributed by atoms with E-state index in [4.69, 9.17) is 9.47 Å². The normalized spacial score (nSPS) is 19.8. The van der Waals surface area contributed by atoms with Gasteiger partial charge in [-0.05, 0) is 61.1 Å². The zero-order valence-electron chi connectivity index (χ0n) is 20.4. The van der Waals surface area contributed by atoms with Gasteiger partial charge in [-0.1, -0.05) is 19.1 Å². The van der Waals surface area contributed by atoms with Crippen LogP contribution in [0.1, 0.15) is 41.3 Å². The second kappa shape index (κ2) is 9.79. The van der Waals surface area contributed by atoms with Crippen molar-refractivity contribution in [1.29, 1.82) is 0 Å². The van der Waals surface area contributed by atoms with E-state index < -0.39 is 10.0 Å². The van der Waals surface area contributed by atoms with Gasteiger partial charge in [-0.2, -0.15) is 4.31 Å². The van der Waals surface area contributed by atoms with Crippen LogP contribution in [0.15, 0.2) is 41.3 Å². The Hall–Kier alpha value is -2.62. The molecule has 3 aliphatic heterocycles. The highest BCUT2D eigenvalue weighted by atomic mass is 32.2. The highest BCUT2D eigenvalue weighted by Gasteiger charge is 2.30. The molecule has 0 unspecified atom stereocenters. The number of hydrogen-bond donors (Lipinski definition) is 0. The third-order valence-electron chi connectivity index (χ3n) is 7.32. The van der Waals surface area contributed by atoms with E-state index in [1.165, 1.54) is 0 Å². The maximum atomic E-state index is 13.4. The average Bonchev–Trinajstić information content (AvgIpc) is 3.32. The lowest BCUT2D eigenvalue weighted by atomic mass is 10.0. The molecule has 5 rings (SSSR count). The van der Waals surface area contributed by atoms with Gasteiger partial charge in [0.2, 0.25) is 16.8 Å². The van der Waals surface area contributed by atoms with Crippen LogP contribution >= 0.6 is 0 Å². The van der Waals surface area contributed by atoms with Gasteiger partial charge in [0.1, 0.15) is 0 Å². The molecule has 0 saturated carbocycles. The highest BCUT2D eigenvalue weighted by molar-refractivity contribution is 7.89. The van der Waals surface area contributed by atoms with Crippen LogP contribution in [0.25, 0.3) is 0 Å². The molecule has 0 aromatic heterocycles.